The molecule has 0 spiro atoms. The van der Waals surface area contributed by atoms with Gasteiger partial charge in [-0.2, -0.15) is 0 Å². The lowest BCUT2D eigenvalue weighted by atomic mass is 10.1. The first-order valence-corrected chi connectivity index (χ1v) is 9.20. The van der Waals surface area contributed by atoms with Gasteiger partial charge < -0.3 is 0 Å². The molecule has 2 aromatic carbocycles. The third-order valence-corrected chi connectivity index (χ3v) is 4.59. The molecule has 4 nitrogen and oxygen atoms in total. The Hall–Kier alpha value is -2.50. The van der Waals surface area contributed by atoms with Gasteiger partial charge in [0.15, 0.2) is 5.82 Å². The second-order valence-electron chi connectivity index (χ2n) is 5.37. The van der Waals surface area contributed by atoms with Gasteiger partial charge in [-0.05, 0) is 24.1 Å². The highest BCUT2D eigenvalue weighted by Gasteiger charge is 2.13. The van der Waals surface area contributed by atoms with E-state index in [1.807, 2.05) is 61.5 Å². The molecule has 3 rings (SSSR count). The molecule has 0 aliphatic heterocycles. The number of nitrogens with one attached hydrogen (secondary N) is 1. The van der Waals surface area contributed by atoms with Gasteiger partial charge in [0.2, 0.25) is 0 Å². The van der Waals surface area contributed by atoms with Crippen LogP contribution >= 0.6 is 11.6 Å². The molecule has 25 heavy (non-hydrogen) atoms. The van der Waals surface area contributed by atoms with Crippen LogP contribution in [0.2, 0.25) is 5.15 Å². The largest absolute Gasteiger partial charge is 0.285 e. The Bertz CT molecular complexity index is 912. The van der Waals surface area contributed by atoms with E-state index in [0.717, 1.165) is 16.7 Å². The molecule has 1 N–H and O–H groups in total. The first-order valence-electron chi connectivity index (χ1n) is 7.61. The van der Waals surface area contributed by atoms with Crippen molar-refractivity contribution in [1.29, 1.82) is 0 Å². The van der Waals surface area contributed by atoms with E-state index in [0.29, 0.717) is 16.5 Å². The van der Waals surface area contributed by atoms with Crippen LogP contribution in [0.4, 0.5) is 5.82 Å². The summed E-state index contributed by atoms with van der Waals surface area (Å²) in [5.41, 5.74) is 3.60. The average molecular weight is 370 g/mol. The van der Waals surface area contributed by atoms with Crippen molar-refractivity contribution >= 4 is 34.5 Å². The number of benzene rings is 2. The van der Waals surface area contributed by atoms with Crippen LogP contribution in [0.25, 0.3) is 17.2 Å². The Morgan fingerprint density at radius 2 is 1.76 bits per heavy atom. The summed E-state index contributed by atoms with van der Waals surface area (Å²) in [5, 5.41) is 1.88. The Morgan fingerprint density at radius 1 is 1.04 bits per heavy atom. The van der Waals surface area contributed by atoms with Crippen molar-refractivity contribution in [1.82, 2.24) is 9.97 Å². The van der Waals surface area contributed by atoms with Crippen LogP contribution < -0.4 is 4.72 Å². The summed E-state index contributed by atoms with van der Waals surface area (Å²) in [6, 6.07) is 17.5. The molecule has 1 heterocycles. The standard InChI is InChI=1S/C19H16ClN3OS/c1-14-7-9-16(10-8-14)17-18(20)21-13-22-19(17)23-25(24)12-11-15-5-3-2-4-6-15/h2-13H,1H3,(H,21,22,23)/b12-11+. The monoisotopic (exact) mass is 369 g/mol. The fourth-order valence-electron chi connectivity index (χ4n) is 2.25. The lowest BCUT2D eigenvalue weighted by Crippen LogP contribution is -2.05. The van der Waals surface area contributed by atoms with Crippen molar-refractivity contribution in [3.63, 3.8) is 0 Å². The maximum Gasteiger partial charge on any atom is 0.150 e. The number of hydrogen-bond donors (Lipinski definition) is 1. The first-order chi connectivity index (χ1) is 12.1. The van der Waals surface area contributed by atoms with E-state index in [2.05, 4.69) is 14.7 Å². The Kier molecular flexibility index (Phi) is 5.58. The Balaban J connectivity index is 1.85. The number of rotatable bonds is 5. The second kappa shape index (κ2) is 8.05. The van der Waals surface area contributed by atoms with Crippen LogP contribution in [0, 0.1) is 6.92 Å². The zero-order valence-corrected chi connectivity index (χ0v) is 15.1. The quantitative estimate of drug-likeness (QED) is 0.654. The van der Waals surface area contributed by atoms with Crippen molar-refractivity contribution < 1.29 is 4.21 Å². The summed E-state index contributed by atoms with van der Waals surface area (Å²) in [7, 11) is -1.45. The summed E-state index contributed by atoms with van der Waals surface area (Å²) in [4.78, 5) is 8.24. The van der Waals surface area contributed by atoms with Crippen molar-refractivity contribution in [2.75, 3.05) is 4.72 Å². The minimum atomic E-state index is -1.45. The maximum atomic E-state index is 12.3. The van der Waals surface area contributed by atoms with E-state index in [4.69, 9.17) is 11.6 Å². The molecule has 1 atom stereocenters. The summed E-state index contributed by atoms with van der Waals surface area (Å²) in [6.07, 6.45) is 3.14. The first kappa shape index (κ1) is 17.3. The van der Waals surface area contributed by atoms with Crippen molar-refractivity contribution in [2.24, 2.45) is 0 Å². The van der Waals surface area contributed by atoms with Crippen LogP contribution in [0.3, 0.4) is 0 Å². The van der Waals surface area contributed by atoms with Crippen LogP contribution in [0.1, 0.15) is 11.1 Å². The van der Waals surface area contributed by atoms with Crippen LogP contribution in [-0.4, -0.2) is 14.2 Å². The van der Waals surface area contributed by atoms with Gasteiger partial charge in [0.05, 0.1) is 5.56 Å². The highest BCUT2D eigenvalue weighted by molar-refractivity contribution is 7.89. The molecule has 0 amide bonds. The zero-order valence-electron chi connectivity index (χ0n) is 13.5. The van der Waals surface area contributed by atoms with Crippen LogP contribution in [-0.2, 0) is 11.0 Å². The molecular weight excluding hydrogens is 354 g/mol. The molecule has 0 bridgehead atoms. The molecule has 0 aliphatic carbocycles. The summed E-state index contributed by atoms with van der Waals surface area (Å²) >= 11 is 6.25. The topological polar surface area (TPSA) is 54.9 Å². The van der Waals surface area contributed by atoms with Gasteiger partial charge >= 0.3 is 0 Å². The number of aryl methyl sites for hydroxylation is 1. The number of nitrogens with zero attached hydrogens (tertiary/aromatic N) is 2. The van der Waals surface area contributed by atoms with Crippen molar-refractivity contribution in [3.05, 3.63) is 82.6 Å². The third-order valence-electron chi connectivity index (χ3n) is 3.52. The fourth-order valence-corrected chi connectivity index (χ4v) is 3.19. The number of anilines is 1. The Labute approximate surface area is 154 Å². The predicted octanol–water partition coefficient (Wildman–Crippen LogP) is 4.85. The Morgan fingerprint density at radius 3 is 2.48 bits per heavy atom. The zero-order chi connectivity index (χ0) is 17.6. The highest BCUT2D eigenvalue weighted by atomic mass is 35.5. The third kappa shape index (κ3) is 4.53. The van der Waals surface area contributed by atoms with Gasteiger partial charge in [-0.15, -0.1) is 0 Å². The average Bonchev–Trinajstić information content (AvgIpc) is 2.62. The molecule has 126 valence electrons. The normalized spacial score (nSPS) is 12.2. The minimum Gasteiger partial charge on any atom is -0.285 e. The van der Waals surface area contributed by atoms with E-state index in [1.165, 1.54) is 6.33 Å². The van der Waals surface area contributed by atoms with Gasteiger partial charge in [-0.25, -0.2) is 14.2 Å². The predicted molar refractivity (Wildman–Crippen MR) is 104 cm³/mol. The fraction of sp³-hybridized carbons (Fsp3) is 0.0526. The molecule has 1 unspecified atom stereocenters. The SMILES string of the molecule is Cc1ccc(-c2c(Cl)ncnc2NS(=O)/C=C/c2ccccc2)cc1. The van der Waals surface area contributed by atoms with E-state index in [-0.39, 0.29) is 0 Å². The summed E-state index contributed by atoms with van der Waals surface area (Å²) in [6.45, 7) is 2.01. The van der Waals surface area contributed by atoms with Gasteiger partial charge in [0.25, 0.3) is 0 Å². The molecule has 0 aliphatic rings. The highest BCUT2D eigenvalue weighted by Crippen LogP contribution is 2.32. The molecule has 3 aromatic rings. The molecular formula is C19H16ClN3OS. The van der Waals surface area contributed by atoms with E-state index >= 15 is 0 Å². The van der Waals surface area contributed by atoms with Crippen LogP contribution in [0.15, 0.2) is 66.3 Å². The number of aromatic nitrogens is 2. The molecule has 0 saturated carbocycles. The molecule has 0 saturated heterocycles. The van der Waals surface area contributed by atoms with Crippen molar-refractivity contribution in [3.8, 4) is 11.1 Å². The van der Waals surface area contributed by atoms with Gasteiger partial charge in [0, 0.05) is 5.41 Å². The van der Waals surface area contributed by atoms with Gasteiger partial charge in [-0.3, -0.25) is 4.72 Å². The number of halogens is 1. The maximum absolute atomic E-state index is 12.3. The molecule has 6 heteroatoms. The second-order valence-corrected chi connectivity index (χ2v) is 6.80. The molecule has 0 radical (unpaired) electrons. The van der Waals surface area contributed by atoms with E-state index in [9.17, 15) is 4.21 Å². The molecule has 1 aromatic heterocycles. The summed E-state index contributed by atoms with van der Waals surface area (Å²) < 4.78 is 15.2. The lowest BCUT2D eigenvalue weighted by Gasteiger charge is -2.10. The lowest BCUT2D eigenvalue weighted by molar-refractivity contribution is 0.691. The number of hydrogen-bond acceptors (Lipinski definition) is 3. The van der Waals surface area contributed by atoms with Crippen molar-refractivity contribution in [2.45, 2.75) is 6.92 Å². The van der Waals surface area contributed by atoms with Gasteiger partial charge in [-0.1, -0.05) is 71.8 Å². The van der Waals surface area contributed by atoms with Gasteiger partial charge in [0.1, 0.15) is 22.5 Å². The molecule has 0 fully saturated rings. The van der Waals surface area contributed by atoms with Crippen LogP contribution in [0.5, 0.6) is 0 Å². The smallest absolute Gasteiger partial charge is 0.150 e. The van der Waals surface area contributed by atoms with E-state index < -0.39 is 11.0 Å². The minimum absolute atomic E-state index is 0.311. The van der Waals surface area contributed by atoms with E-state index in [1.54, 1.807) is 11.5 Å². The summed E-state index contributed by atoms with van der Waals surface area (Å²) in [5.74, 6) is 0.430.